The Hall–Kier alpha value is -2.80. The number of amides is 1. The molecule has 0 radical (unpaired) electrons. The minimum atomic E-state index is -0.181. The minimum absolute atomic E-state index is 0.181. The van der Waals surface area contributed by atoms with E-state index in [0.29, 0.717) is 23.4 Å². The van der Waals surface area contributed by atoms with E-state index in [1.54, 1.807) is 36.4 Å². The quantitative estimate of drug-likeness (QED) is 0.439. The van der Waals surface area contributed by atoms with E-state index in [9.17, 15) is 4.79 Å². The van der Waals surface area contributed by atoms with Gasteiger partial charge < -0.3 is 10.1 Å². The first-order chi connectivity index (χ1) is 13.7. The molecule has 2 rings (SSSR count). The number of carbonyl (C=O) groups excluding carboxylic acids is 1. The predicted molar refractivity (Wildman–Crippen MR) is 114 cm³/mol. The van der Waals surface area contributed by atoms with Crippen molar-refractivity contribution in [2.45, 2.75) is 58.3 Å². The zero-order valence-electron chi connectivity index (χ0n) is 16.7. The summed E-state index contributed by atoms with van der Waals surface area (Å²) in [5, 5.41) is 11.6. The van der Waals surface area contributed by atoms with Crippen molar-refractivity contribution in [2.75, 3.05) is 11.9 Å². The molecule has 4 nitrogen and oxygen atoms in total. The highest BCUT2D eigenvalue weighted by Gasteiger charge is 2.06. The van der Waals surface area contributed by atoms with Gasteiger partial charge >= 0.3 is 0 Å². The van der Waals surface area contributed by atoms with Gasteiger partial charge in [0.15, 0.2) is 0 Å². The van der Waals surface area contributed by atoms with Crippen LogP contribution in [-0.4, -0.2) is 12.5 Å². The number of nitriles is 1. The largest absolute Gasteiger partial charge is 0.494 e. The molecule has 4 heteroatoms. The number of rotatable bonds is 12. The highest BCUT2D eigenvalue weighted by molar-refractivity contribution is 6.04. The van der Waals surface area contributed by atoms with Crippen LogP contribution in [0.2, 0.25) is 0 Å². The molecule has 0 aliphatic heterocycles. The van der Waals surface area contributed by atoms with Gasteiger partial charge in [0, 0.05) is 11.3 Å². The molecular formula is C24H30N2O2. The number of carbonyl (C=O) groups is 1. The number of nitrogens with one attached hydrogen (secondary N) is 1. The van der Waals surface area contributed by atoms with E-state index in [-0.39, 0.29) is 5.91 Å². The van der Waals surface area contributed by atoms with E-state index in [4.69, 9.17) is 10.00 Å². The monoisotopic (exact) mass is 378 g/mol. The summed E-state index contributed by atoms with van der Waals surface area (Å²) in [6.07, 6.45) is 10.2. The van der Waals surface area contributed by atoms with Gasteiger partial charge in [-0.15, -0.1) is 0 Å². The Balaban J connectivity index is 1.66. The summed E-state index contributed by atoms with van der Waals surface area (Å²) in [6.45, 7) is 2.96. The number of unbranched alkanes of at least 4 members (excludes halogenated alkanes) is 7. The van der Waals surface area contributed by atoms with E-state index in [0.717, 1.165) is 12.2 Å². The highest BCUT2D eigenvalue weighted by Crippen LogP contribution is 2.16. The average Bonchev–Trinajstić information content (AvgIpc) is 2.73. The fraction of sp³-hybridized carbons (Fsp3) is 0.417. The topological polar surface area (TPSA) is 62.1 Å². The van der Waals surface area contributed by atoms with Gasteiger partial charge in [-0.05, 0) is 55.0 Å². The Labute approximate surface area is 168 Å². The van der Waals surface area contributed by atoms with Crippen molar-refractivity contribution in [3.8, 4) is 11.8 Å². The van der Waals surface area contributed by atoms with Crippen LogP contribution < -0.4 is 10.1 Å². The standard InChI is InChI=1S/C24H30N2O2/c1-2-3-4-5-6-7-8-9-18-28-23-16-12-21(13-17-23)24(27)26-22-14-10-20(19-25)11-15-22/h10-17H,2-9,18H2,1H3,(H,26,27). The molecule has 1 N–H and O–H groups in total. The average molecular weight is 379 g/mol. The molecular weight excluding hydrogens is 348 g/mol. The predicted octanol–water partition coefficient (Wildman–Crippen LogP) is 6.33. The number of hydrogen-bond acceptors (Lipinski definition) is 3. The van der Waals surface area contributed by atoms with Crippen molar-refractivity contribution in [3.63, 3.8) is 0 Å². The SMILES string of the molecule is CCCCCCCCCCOc1ccc(C(=O)Nc2ccc(C#N)cc2)cc1. The van der Waals surface area contributed by atoms with Gasteiger partial charge in [0.25, 0.3) is 5.91 Å². The van der Waals surface area contributed by atoms with E-state index in [1.165, 1.54) is 44.9 Å². The number of anilines is 1. The van der Waals surface area contributed by atoms with Gasteiger partial charge in [0.2, 0.25) is 0 Å². The molecule has 0 aliphatic carbocycles. The van der Waals surface area contributed by atoms with Gasteiger partial charge in [-0.2, -0.15) is 5.26 Å². The zero-order chi connectivity index (χ0) is 20.0. The first kappa shape index (κ1) is 21.5. The van der Waals surface area contributed by atoms with Gasteiger partial charge in [0.1, 0.15) is 5.75 Å². The molecule has 0 aliphatic rings. The number of benzene rings is 2. The smallest absolute Gasteiger partial charge is 0.255 e. The van der Waals surface area contributed by atoms with Crippen molar-refractivity contribution < 1.29 is 9.53 Å². The molecule has 2 aromatic carbocycles. The van der Waals surface area contributed by atoms with Crippen molar-refractivity contribution in [3.05, 3.63) is 59.7 Å². The molecule has 0 spiro atoms. The molecule has 1 amide bonds. The van der Waals surface area contributed by atoms with Crippen LogP contribution in [0.5, 0.6) is 5.75 Å². The van der Waals surface area contributed by atoms with Gasteiger partial charge in [-0.25, -0.2) is 0 Å². The Bertz CT molecular complexity index is 746. The van der Waals surface area contributed by atoms with Crippen LogP contribution in [-0.2, 0) is 0 Å². The summed E-state index contributed by atoms with van der Waals surface area (Å²) in [5.41, 5.74) is 1.80. The third-order valence-corrected chi connectivity index (χ3v) is 4.65. The van der Waals surface area contributed by atoms with Crippen LogP contribution in [0, 0.1) is 11.3 Å². The van der Waals surface area contributed by atoms with Crippen LogP contribution in [0.15, 0.2) is 48.5 Å². The van der Waals surface area contributed by atoms with Crippen molar-refractivity contribution >= 4 is 11.6 Å². The fourth-order valence-electron chi connectivity index (χ4n) is 2.96. The molecule has 0 saturated heterocycles. The Kier molecular flexibility index (Phi) is 9.65. The molecule has 0 saturated carbocycles. The lowest BCUT2D eigenvalue weighted by Crippen LogP contribution is -2.11. The fourth-order valence-corrected chi connectivity index (χ4v) is 2.96. The first-order valence-corrected chi connectivity index (χ1v) is 10.3. The Morgan fingerprint density at radius 3 is 2.11 bits per heavy atom. The van der Waals surface area contributed by atoms with E-state index < -0.39 is 0 Å². The maximum Gasteiger partial charge on any atom is 0.255 e. The minimum Gasteiger partial charge on any atom is -0.494 e. The molecule has 0 unspecified atom stereocenters. The lowest BCUT2D eigenvalue weighted by molar-refractivity contribution is 0.102. The molecule has 0 fully saturated rings. The van der Waals surface area contributed by atoms with Crippen LogP contribution in [0.4, 0.5) is 5.69 Å². The number of hydrogen-bond donors (Lipinski definition) is 1. The second kappa shape index (κ2) is 12.6. The molecule has 2 aromatic rings. The molecule has 0 heterocycles. The van der Waals surface area contributed by atoms with E-state index in [1.807, 2.05) is 12.1 Å². The lowest BCUT2D eigenvalue weighted by Gasteiger charge is -2.08. The third-order valence-electron chi connectivity index (χ3n) is 4.65. The van der Waals surface area contributed by atoms with E-state index >= 15 is 0 Å². The van der Waals surface area contributed by atoms with Gasteiger partial charge in [-0.3, -0.25) is 4.79 Å². The van der Waals surface area contributed by atoms with Crippen LogP contribution in [0.3, 0.4) is 0 Å². The lowest BCUT2D eigenvalue weighted by atomic mass is 10.1. The Morgan fingerprint density at radius 1 is 0.893 bits per heavy atom. The maximum absolute atomic E-state index is 12.3. The maximum atomic E-state index is 12.3. The molecule has 0 atom stereocenters. The number of ether oxygens (including phenoxy) is 1. The molecule has 148 valence electrons. The molecule has 0 bridgehead atoms. The second-order valence-electron chi connectivity index (χ2n) is 6.99. The van der Waals surface area contributed by atoms with Gasteiger partial charge in [0.05, 0.1) is 18.2 Å². The summed E-state index contributed by atoms with van der Waals surface area (Å²) in [4.78, 5) is 12.3. The third kappa shape index (κ3) is 7.84. The number of nitrogens with zero attached hydrogens (tertiary/aromatic N) is 1. The van der Waals surface area contributed by atoms with Crippen LogP contribution in [0.25, 0.3) is 0 Å². The van der Waals surface area contributed by atoms with Crippen molar-refractivity contribution in [2.24, 2.45) is 0 Å². The van der Waals surface area contributed by atoms with E-state index in [2.05, 4.69) is 18.3 Å². The zero-order valence-corrected chi connectivity index (χ0v) is 16.7. The highest BCUT2D eigenvalue weighted by atomic mass is 16.5. The summed E-state index contributed by atoms with van der Waals surface area (Å²) < 4.78 is 5.77. The van der Waals surface area contributed by atoms with Crippen molar-refractivity contribution in [1.82, 2.24) is 0 Å². The first-order valence-electron chi connectivity index (χ1n) is 10.3. The summed E-state index contributed by atoms with van der Waals surface area (Å²) in [5.74, 6) is 0.609. The Morgan fingerprint density at radius 2 is 1.50 bits per heavy atom. The van der Waals surface area contributed by atoms with Crippen molar-refractivity contribution in [1.29, 1.82) is 5.26 Å². The summed E-state index contributed by atoms with van der Waals surface area (Å²) in [6, 6.07) is 16.0. The second-order valence-corrected chi connectivity index (χ2v) is 6.99. The summed E-state index contributed by atoms with van der Waals surface area (Å²) >= 11 is 0. The van der Waals surface area contributed by atoms with Gasteiger partial charge in [-0.1, -0.05) is 51.9 Å². The summed E-state index contributed by atoms with van der Waals surface area (Å²) in [7, 11) is 0. The normalized spacial score (nSPS) is 10.3. The molecule has 28 heavy (non-hydrogen) atoms. The molecule has 0 aromatic heterocycles. The van der Waals surface area contributed by atoms with Crippen LogP contribution >= 0.6 is 0 Å². The van der Waals surface area contributed by atoms with Crippen LogP contribution in [0.1, 0.15) is 74.2 Å².